The van der Waals surface area contributed by atoms with E-state index in [1.54, 1.807) is 6.07 Å². The van der Waals surface area contributed by atoms with E-state index in [-0.39, 0.29) is 0 Å². The van der Waals surface area contributed by atoms with Crippen LogP contribution in [0.25, 0.3) is 0 Å². The Morgan fingerprint density at radius 2 is 2.05 bits per heavy atom. The van der Waals surface area contributed by atoms with Gasteiger partial charge in [-0.25, -0.2) is 4.98 Å². The standard InChI is InChI=1S/C17H21ClN2O/c1-4-15-8-13(11-19-12(2)3)9-17(20-15)21-16-7-5-6-14(18)10-16/h5-10,12,19H,4,11H2,1-3H3. The van der Waals surface area contributed by atoms with E-state index in [1.165, 1.54) is 5.56 Å². The van der Waals surface area contributed by atoms with E-state index >= 15 is 0 Å². The van der Waals surface area contributed by atoms with Crippen LogP contribution in [-0.4, -0.2) is 11.0 Å². The van der Waals surface area contributed by atoms with Crippen molar-refractivity contribution in [3.05, 3.63) is 52.7 Å². The van der Waals surface area contributed by atoms with Gasteiger partial charge in [0.25, 0.3) is 0 Å². The van der Waals surface area contributed by atoms with Crippen molar-refractivity contribution in [2.24, 2.45) is 0 Å². The fourth-order valence-corrected chi connectivity index (χ4v) is 2.11. The molecule has 0 bridgehead atoms. The quantitative estimate of drug-likeness (QED) is 0.847. The molecule has 0 aliphatic rings. The zero-order chi connectivity index (χ0) is 15.2. The first kappa shape index (κ1) is 15.8. The number of benzene rings is 1. The van der Waals surface area contributed by atoms with Crippen molar-refractivity contribution in [2.75, 3.05) is 0 Å². The van der Waals surface area contributed by atoms with E-state index < -0.39 is 0 Å². The second-order valence-corrected chi connectivity index (χ2v) is 5.69. The van der Waals surface area contributed by atoms with E-state index in [1.807, 2.05) is 24.3 Å². The number of halogens is 1. The van der Waals surface area contributed by atoms with Gasteiger partial charge in [-0.3, -0.25) is 0 Å². The molecule has 3 nitrogen and oxygen atoms in total. The van der Waals surface area contributed by atoms with Crippen LogP contribution < -0.4 is 10.1 Å². The summed E-state index contributed by atoms with van der Waals surface area (Å²) in [5.41, 5.74) is 2.20. The van der Waals surface area contributed by atoms with Gasteiger partial charge in [0.15, 0.2) is 0 Å². The van der Waals surface area contributed by atoms with E-state index in [9.17, 15) is 0 Å². The van der Waals surface area contributed by atoms with Gasteiger partial charge in [-0.05, 0) is 36.2 Å². The molecular weight excluding hydrogens is 284 g/mol. The summed E-state index contributed by atoms with van der Waals surface area (Å²) in [6.45, 7) is 7.15. The van der Waals surface area contributed by atoms with Gasteiger partial charge >= 0.3 is 0 Å². The van der Waals surface area contributed by atoms with E-state index in [0.29, 0.717) is 22.7 Å². The monoisotopic (exact) mass is 304 g/mol. The number of hydrogen-bond acceptors (Lipinski definition) is 3. The van der Waals surface area contributed by atoms with Crippen LogP contribution in [-0.2, 0) is 13.0 Å². The molecule has 0 aliphatic heterocycles. The zero-order valence-corrected chi connectivity index (χ0v) is 13.4. The van der Waals surface area contributed by atoms with Gasteiger partial charge in [-0.15, -0.1) is 0 Å². The van der Waals surface area contributed by atoms with Gasteiger partial charge in [-0.2, -0.15) is 0 Å². The predicted octanol–water partition coefficient (Wildman–Crippen LogP) is 4.59. The van der Waals surface area contributed by atoms with Crippen LogP contribution in [0.3, 0.4) is 0 Å². The molecule has 2 aromatic rings. The third kappa shape index (κ3) is 5.03. The topological polar surface area (TPSA) is 34.1 Å². The number of rotatable bonds is 6. The minimum absolute atomic E-state index is 0.445. The third-order valence-electron chi connectivity index (χ3n) is 3.01. The summed E-state index contributed by atoms with van der Waals surface area (Å²) in [5.74, 6) is 1.31. The van der Waals surface area contributed by atoms with E-state index in [0.717, 1.165) is 18.7 Å². The Hall–Kier alpha value is -1.58. The second-order valence-electron chi connectivity index (χ2n) is 5.25. The molecular formula is C17H21ClN2O. The van der Waals surface area contributed by atoms with Gasteiger partial charge in [0, 0.05) is 29.4 Å². The van der Waals surface area contributed by atoms with Crippen LogP contribution in [0.2, 0.25) is 5.02 Å². The Morgan fingerprint density at radius 1 is 1.24 bits per heavy atom. The molecule has 1 heterocycles. The van der Waals surface area contributed by atoms with Crippen molar-refractivity contribution < 1.29 is 4.74 Å². The van der Waals surface area contributed by atoms with E-state index in [2.05, 4.69) is 37.1 Å². The van der Waals surface area contributed by atoms with Crippen molar-refractivity contribution in [1.29, 1.82) is 0 Å². The van der Waals surface area contributed by atoms with Crippen LogP contribution in [0, 0.1) is 0 Å². The lowest BCUT2D eigenvalue weighted by Crippen LogP contribution is -2.22. The summed E-state index contributed by atoms with van der Waals surface area (Å²) in [6.07, 6.45) is 0.876. The summed E-state index contributed by atoms with van der Waals surface area (Å²) < 4.78 is 5.83. The number of aromatic nitrogens is 1. The molecule has 1 aromatic carbocycles. The Bertz CT molecular complexity index is 599. The van der Waals surface area contributed by atoms with E-state index in [4.69, 9.17) is 16.3 Å². The average Bonchev–Trinajstić information content (AvgIpc) is 2.45. The lowest BCUT2D eigenvalue weighted by Gasteiger charge is -2.12. The van der Waals surface area contributed by atoms with Crippen molar-refractivity contribution in [3.8, 4) is 11.6 Å². The first-order valence-corrected chi connectivity index (χ1v) is 7.61. The predicted molar refractivity (Wildman–Crippen MR) is 87.1 cm³/mol. The Morgan fingerprint density at radius 3 is 2.71 bits per heavy atom. The van der Waals surface area contributed by atoms with Crippen molar-refractivity contribution in [1.82, 2.24) is 10.3 Å². The smallest absolute Gasteiger partial charge is 0.219 e. The maximum absolute atomic E-state index is 5.98. The molecule has 0 fully saturated rings. The number of nitrogens with zero attached hydrogens (tertiary/aromatic N) is 1. The third-order valence-corrected chi connectivity index (χ3v) is 3.24. The summed E-state index contributed by atoms with van der Waals surface area (Å²) in [5, 5.41) is 4.06. The van der Waals surface area contributed by atoms with Crippen LogP contribution in [0.5, 0.6) is 11.6 Å². The molecule has 4 heteroatoms. The molecule has 1 N–H and O–H groups in total. The maximum atomic E-state index is 5.98. The normalized spacial score (nSPS) is 10.9. The van der Waals surface area contributed by atoms with Crippen molar-refractivity contribution in [3.63, 3.8) is 0 Å². The zero-order valence-electron chi connectivity index (χ0n) is 12.7. The molecule has 0 amide bonds. The SMILES string of the molecule is CCc1cc(CNC(C)C)cc(Oc2cccc(Cl)c2)n1. The van der Waals surface area contributed by atoms with Gasteiger partial charge < -0.3 is 10.1 Å². The largest absolute Gasteiger partial charge is 0.439 e. The minimum atomic E-state index is 0.445. The highest BCUT2D eigenvalue weighted by molar-refractivity contribution is 6.30. The Labute approximate surface area is 131 Å². The van der Waals surface area contributed by atoms with Crippen molar-refractivity contribution >= 4 is 11.6 Å². The lowest BCUT2D eigenvalue weighted by atomic mass is 10.2. The van der Waals surface area contributed by atoms with Crippen LogP contribution in [0.15, 0.2) is 36.4 Å². The molecule has 0 atom stereocenters. The second kappa shape index (κ2) is 7.43. The van der Waals surface area contributed by atoms with Gasteiger partial charge in [0.2, 0.25) is 5.88 Å². The number of nitrogens with one attached hydrogen (secondary N) is 1. The first-order chi connectivity index (χ1) is 10.1. The summed E-state index contributed by atoms with van der Waals surface area (Å²) in [6, 6.07) is 11.9. The lowest BCUT2D eigenvalue weighted by molar-refractivity contribution is 0.459. The van der Waals surface area contributed by atoms with Gasteiger partial charge in [-0.1, -0.05) is 38.4 Å². The highest BCUT2D eigenvalue weighted by Crippen LogP contribution is 2.24. The summed E-state index contributed by atoms with van der Waals surface area (Å²) in [7, 11) is 0. The summed E-state index contributed by atoms with van der Waals surface area (Å²) in [4.78, 5) is 4.51. The highest BCUT2D eigenvalue weighted by atomic mass is 35.5. The minimum Gasteiger partial charge on any atom is -0.439 e. The Kier molecular flexibility index (Phi) is 5.59. The summed E-state index contributed by atoms with van der Waals surface area (Å²) >= 11 is 5.98. The Balaban J connectivity index is 2.19. The number of ether oxygens (including phenoxy) is 1. The fourth-order valence-electron chi connectivity index (χ4n) is 1.93. The molecule has 1 aromatic heterocycles. The maximum Gasteiger partial charge on any atom is 0.219 e. The molecule has 2 rings (SSSR count). The van der Waals surface area contributed by atoms with Gasteiger partial charge in [0.1, 0.15) is 5.75 Å². The highest BCUT2D eigenvalue weighted by Gasteiger charge is 2.05. The van der Waals surface area contributed by atoms with Crippen LogP contribution >= 0.6 is 11.6 Å². The molecule has 0 radical (unpaired) electrons. The molecule has 0 saturated heterocycles. The number of hydrogen-bond donors (Lipinski definition) is 1. The van der Waals surface area contributed by atoms with Gasteiger partial charge in [0.05, 0.1) is 0 Å². The first-order valence-electron chi connectivity index (χ1n) is 7.23. The molecule has 112 valence electrons. The number of aryl methyl sites for hydroxylation is 1. The molecule has 0 unspecified atom stereocenters. The fraction of sp³-hybridized carbons (Fsp3) is 0.353. The molecule has 0 spiro atoms. The van der Waals surface area contributed by atoms with Crippen LogP contribution in [0.1, 0.15) is 32.0 Å². The number of pyridine rings is 1. The molecule has 21 heavy (non-hydrogen) atoms. The van der Waals surface area contributed by atoms with Crippen LogP contribution in [0.4, 0.5) is 0 Å². The average molecular weight is 305 g/mol. The molecule has 0 aliphatic carbocycles. The van der Waals surface area contributed by atoms with Crippen molar-refractivity contribution in [2.45, 2.75) is 39.8 Å². The molecule has 0 saturated carbocycles.